The van der Waals surface area contributed by atoms with Crippen molar-refractivity contribution in [1.29, 1.82) is 0 Å². The second-order valence-corrected chi connectivity index (χ2v) is 3.60. The third-order valence-corrected chi connectivity index (χ3v) is 2.33. The van der Waals surface area contributed by atoms with Crippen molar-refractivity contribution in [2.24, 2.45) is 5.73 Å². The lowest BCUT2D eigenvalue weighted by Gasteiger charge is -2.05. The Balaban J connectivity index is 2.61. The zero-order valence-electron chi connectivity index (χ0n) is 9.13. The molecule has 1 rings (SSSR count). The Labute approximate surface area is 90.2 Å². The average Bonchev–Trinajstić information content (AvgIpc) is 2.23. The Kier molecular flexibility index (Phi) is 5.29. The molecule has 0 atom stereocenters. The molecule has 15 heavy (non-hydrogen) atoms. The summed E-state index contributed by atoms with van der Waals surface area (Å²) in [4.78, 5) is 0. The molecule has 0 aliphatic carbocycles. The van der Waals surface area contributed by atoms with E-state index in [4.69, 9.17) is 10.5 Å². The van der Waals surface area contributed by atoms with Crippen LogP contribution in [0, 0.1) is 5.82 Å². The number of halogens is 1. The van der Waals surface area contributed by atoms with Crippen molar-refractivity contribution in [1.82, 2.24) is 0 Å². The summed E-state index contributed by atoms with van der Waals surface area (Å²) in [5.41, 5.74) is 7.19. The summed E-state index contributed by atoms with van der Waals surface area (Å²) >= 11 is 0. The van der Waals surface area contributed by atoms with Gasteiger partial charge in [0.15, 0.2) is 0 Å². The largest absolute Gasteiger partial charge is 0.380 e. The highest BCUT2D eigenvalue weighted by molar-refractivity contribution is 5.24. The van der Waals surface area contributed by atoms with Crippen molar-refractivity contribution in [2.75, 3.05) is 13.7 Å². The van der Waals surface area contributed by atoms with Crippen LogP contribution < -0.4 is 5.73 Å². The van der Waals surface area contributed by atoms with E-state index >= 15 is 0 Å². The van der Waals surface area contributed by atoms with Gasteiger partial charge in [-0.2, -0.15) is 0 Å². The number of nitrogens with two attached hydrogens (primary N) is 1. The number of hydrogen-bond donors (Lipinski definition) is 1. The van der Waals surface area contributed by atoms with Gasteiger partial charge in [-0.05, 0) is 37.4 Å². The number of unbranched alkanes of at least 4 members (excludes halogenated alkanes) is 1. The maximum atomic E-state index is 13.2. The molecule has 2 nitrogen and oxygen atoms in total. The van der Waals surface area contributed by atoms with Gasteiger partial charge >= 0.3 is 0 Å². The molecule has 0 aliphatic heterocycles. The number of ether oxygens (including phenoxy) is 1. The molecule has 84 valence electrons. The summed E-state index contributed by atoms with van der Waals surface area (Å²) in [5, 5.41) is 0. The lowest BCUT2D eigenvalue weighted by atomic mass is 10.1. The third-order valence-electron chi connectivity index (χ3n) is 2.33. The lowest BCUT2D eigenvalue weighted by molar-refractivity contribution is 0.181. The van der Waals surface area contributed by atoms with Crippen molar-refractivity contribution in [3.63, 3.8) is 0 Å². The molecule has 0 fully saturated rings. The highest BCUT2D eigenvalue weighted by Crippen LogP contribution is 2.13. The lowest BCUT2D eigenvalue weighted by Crippen LogP contribution is -2.00. The molecule has 2 N–H and O–H groups in total. The monoisotopic (exact) mass is 211 g/mol. The van der Waals surface area contributed by atoms with E-state index in [1.807, 2.05) is 12.1 Å². The number of rotatable bonds is 6. The van der Waals surface area contributed by atoms with Crippen LogP contribution in [0.5, 0.6) is 0 Å². The minimum Gasteiger partial charge on any atom is -0.380 e. The van der Waals surface area contributed by atoms with E-state index in [0.717, 1.165) is 24.8 Å². The molecular formula is C12H18FNO. The SMILES string of the molecule is COCc1cc(CCCCN)ccc1F. The normalized spacial score (nSPS) is 10.6. The molecule has 1 aromatic carbocycles. The first kappa shape index (κ1) is 12.1. The molecule has 1 aromatic rings. The van der Waals surface area contributed by atoms with Gasteiger partial charge in [0.2, 0.25) is 0 Å². The van der Waals surface area contributed by atoms with Crippen LogP contribution in [0.2, 0.25) is 0 Å². The first-order chi connectivity index (χ1) is 7.27. The predicted molar refractivity (Wildman–Crippen MR) is 59.1 cm³/mol. The van der Waals surface area contributed by atoms with Crippen LogP contribution in [0.4, 0.5) is 4.39 Å². The van der Waals surface area contributed by atoms with Crippen LogP contribution in [0.1, 0.15) is 24.0 Å². The zero-order chi connectivity index (χ0) is 11.1. The first-order valence-corrected chi connectivity index (χ1v) is 5.24. The van der Waals surface area contributed by atoms with Gasteiger partial charge in [-0.15, -0.1) is 0 Å². The summed E-state index contributed by atoms with van der Waals surface area (Å²) < 4.78 is 18.2. The number of hydrogen-bond acceptors (Lipinski definition) is 2. The van der Waals surface area contributed by atoms with E-state index in [9.17, 15) is 4.39 Å². The molecule has 0 unspecified atom stereocenters. The first-order valence-electron chi connectivity index (χ1n) is 5.24. The summed E-state index contributed by atoms with van der Waals surface area (Å²) in [6.45, 7) is 1.04. The van der Waals surface area contributed by atoms with Gasteiger partial charge in [-0.3, -0.25) is 0 Å². The molecule has 0 heterocycles. The topological polar surface area (TPSA) is 35.2 Å². The van der Waals surface area contributed by atoms with Crippen LogP contribution in [0.3, 0.4) is 0 Å². The summed E-state index contributed by atoms with van der Waals surface area (Å²) in [6.07, 6.45) is 3.01. The molecular weight excluding hydrogens is 193 g/mol. The Morgan fingerprint density at radius 1 is 1.33 bits per heavy atom. The van der Waals surface area contributed by atoms with Crippen molar-refractivity contribution in [3.05, 3.63) is 35.1 Å². The standard InChI is InChI=1S/C12H18FNO/c1-15-9-11-8-10(4-2-3-7-14)5-6-12(11)13/h5-6,8H,2-4,7,9,14H2,1H3. The van der Waals surface area contributed by atoms with Crippen LogP contribution in [-0.4, -0.2) is 13.7 Å². The van der Waals surface area contributed by atoms with Gasteiger partial charge in [0.1, 0.15) is 5.82 Å². The second-order valence-electron chi connectivity index (χ2n) is 3.60. The van der Waals surface area contributed by atoms with E-state index in [2.05, 4.69) is 0 Å². The Morgan fingerprint density at radius 3 is 2.80 bits per heavy atom. The third kappa shape index (κ3) is 3.98. The van der Waals surface area contributed by atoms with Crippen molar-refractivity contribution in [2.45, 2.75) is 25.9 Å². The van der Waals surface area contributed by atoms with Crippen LogP contribution in [0.15, 0.2) is 18.2 Å². The predicted octanol–water partition coefficient (Wildman–Crippen LogP) is 2.25. The van der Waals surface area contributed by atoms with Gasteiger partial charge in [-0.1, -0.05) is 12.1 Å². The number of methoxy groups -OCH3 is 1. The van der Waals surface area contributed by atoms with Crippen LogP contribution in [0.25, 0.3) is 0 Å². The minimum atomic E-state index is -0.195. The summed E-state index contributed by atoms with van der Waals surface area (Å²) in [5.74, 6) is -0.195. The van der Waals surface area contributed by atoms with Crippen LogP contribution in [-0.2, 0) is 17.8 Å². The summed E-state index contributed by atoms with van der Waals surface area (Å²) in [6, 6.07) is 5.20. The van der Waals surface area contributed by atoms with E-state index in [0.29, 0.717) is 18.7 Å². The maximum absolute atomic E-state index is 13.2. The maximum Gasteiger partial charge on any atom is 0.128 e. The fraction of sp³-hybridized carbons (Fsp3) is 0.500. The van der Waals surface area contributed by atoms with Crippen molar-refractivity contribution < 1.29 is 9.13 Å². The fourth-order valence-electron chi connectivity index (χ4n) is 1.52. The van der Waals surface area contributed by atoms with Gasteiger partial charge in [0.05, 0.1) is 6.61 Å². The van der Waals surface area contributed by atoms with Gasteiger partial charge < -0.3 is 10.5 Å². The van der Waals surface area contributed by atoms with Crippen molar-refractivity contribution >= 4 is 0 Å². The Hall–Kier alpha value is -0.930. The highest BCUT2D eigenvalue weighted by Gasteiger charge is 2.03. The van der Waals surface area contributed by atoms with Gasteiger partial charge in [-0.25, -0.2) is 4.39 Å². The quantitative estimate of drug-likeness (QED) is 0.732. The molecule has 0 saturated heterocycles. The molecule has 0 bridgehead atoms. The van der Waals surface area contributed by atoms with E-state index < -0.39 is 0 Å². The smallest absolute Gasteiger partial charge is 0.128 e. The number of aryl methyl sites for hydroxylation is 1. The fourth-order valence-corrected chi connectivity index (χ4v) is 1.52. The van der Waals surface area contributed by atoms with E-state index in [-0.39, 0.29) is 5.82 Å². The van der Waals surface area contributed by atoms with Gasteiger partial charge in [0.25, 0.3) is 0 Å². The molecule has 0 aromatic heterocycles. The highest BCUT2D eigenvalue weighted by atomic mass is 19.1. The number of benzene rings is 1. The minimum absolute atomic E-state index is 0.195. The molecule has 3 heteroatoms. The molecule has 0 aliphatic rings. The van der Waals surface area contributed by atoms with Crippen LogP contribution >= 0.6 is 0 Å². The average molecular weight is 211 g/mol. The molecule has 0 saturated carbocycles. The zero-order valence-corrected chi connectivity index (χ0v) is 9.13. The molecule has 0 spiro atoms. The van der Waals surface area contributed by atoms with E-state index in [1.54, 1.807) is 7.11 Å². The molecule has 0 radical (unpaired) electrons. The molecule has 0 amide bonds. The van der Waals surface area contributed by atoms with E-state index in [1.165, 1.54) is 6.07 Å². The van der Waals surface area contributed by atoms with Gasteiger partial charge in [0, 0.05) is 12.7 Å². The second kappa shape index (κ2) is 6.53. The Morgan fingerprint density at radius 2 is 2.13 bits per heavy atom. The van der Waals surface area contributed by atoms with Crippen molar-refractivity contribution in [3.8, 4) is 0 Å². The Bertz CT molecular complexity index is 302. The summed E-state index contributed by atoms with van der Waals surface area (Å²) in [7, 11) is 1.57.